The number of aryl methyl sites for hydroxylation is 4. The van der Waals surface area contributed by atoms with Crippen LogP contribution < -0.4 is 0 Å². The van der Waals surface area contributed by atoms with Crippen LogP contribution in [0.25, 0.3) is 0 Å². The van der Waals surface area contributed by atoms with Gasteiger partial charge in [-0.25, -0.2) is 5.01 Å². The average molecular weight is 320 g/mol. The van der Waals surface area contributed by atoms with Crippen molar-refractivity contribution in [3.63, 3.8) is 0 Å². The van der Waals surface area contributed by atoms with Crippen LogP contribution in [0, 0.1) is 27.7 Å². The molecule has 0 fully saturated rings. The second-order valence-electron chi connectivity index (χ2n) is 6.73. The van der Waals surface area contributed by atoms with Gasteiger partial charge in [0, 0.05) is 6.42 Å². The summed E-state index contributed by atoms with van der Waals surface area (Å²) < 4.78 is 0. The van der Waals surface area contributed by atoms with Gasteiger partial charge in [0.05, 0.1) is 18.7 Å². The molecule has 0 saturated heterocycles. The zero-order valence-corrected chi connectivity index (χ0v) is 14.9. The van der Waals surface area contributed by atoms with Gasteiger partial charge >= 0.3 is 0 Å². The summed E-state index contributed by atoms with van der Waals surface area (Å²) in [5.74, 6) is 0.0761. The van der Waals surface area contributed by atoms with Crippen molar-refractivity contribution in [2.75, 3.05) is 6.54 Å². The number of amides is 1. The van der Waals surface area contributed by atoms with E-state index in [-0.39, 0.29) is 5.91 Å². The quantitative estimate of drug-likeness (QED) is 0.838. The Morgan fingerprint density at radius 3 is 2.25 bits per heavy atom. The molecule has 3 nitrogen and oxygen atoms in total. The Kier molecular flexibility index (Phi) is 4.52. The van der Waals surface area contributed by atoms with E-state index in [0.29, 0.717) is 13.0 Å². The third-order valence-electron chi connectivity index (χ3n) is 4.64. The van der Waals surface area contributed by atoms with E-state index in [1.54, 1.807) is 5.01 Å². The van der Waals surface area contributed by atoms with Gasteiger partial charge in [0.15, 0.2) is 0 Å². The van der Waals surface area contributed by atoms with Crippen molar-refractivity contribution in [2.24, 2.45) is 5.10 Å². The summed E-state index contributed by atoms with van der Waals surface area (Å²) >= 11 is 0. The summed E-state index contributed by atoms with van der Waals surface area (Å²) in [6, 6.07) is 12.6. The van der Waals surface area contributed by atoms with Crippen LogP contribution in [0.15, 0.2) is 41.5 Å². The minimum absolute atomic E-state index is 0.0761. The zero-order chi connectivity index (χ0) is 17.3. The summed E-state index contributed by atoms with van der Waals surface area (Å²) in [6.07, 6.45) is 1.24. The third kappa shape index (κ3) is 3.40. The van der Waals surface area contributed by atoms with Crippen LogP contribution in [0.5, 0.6) is 0 Å². The Bertz CT molecular complexity index is 780. The van der Waals surface area contributed by atoms with Crippen LogP contribution in [-0.2, 0) is 11.2 Å². The molecule has 0 bridgehead atoms. The molecule has 2 aromatic rings. The van der Waals surface area contributed by atoms with Crippen LogP contribution in [0.3, 0.4) is 0 Å². The molecule has 0 saturated carbocycles. The minimum atomic E-state index is 0.0761. The largest absolute Gasteiger partial charge is 0.273 e. The van der Waals surface area contributed by atoms with Crippen molar-refractivity contribution in [3.05, 3.63) is 69.8 Å². The number of carbonyl (C=O) groups is 1. The maximum Gasteiger partial charge on any atom is 0.247 e. The number of hydrazone groups is 1. The van der Waals surface area contributed by atoms with Crippen molar-refractivity contribution >= 4 is 11.6 Å². The van der Waals surface area contributed by atoms with E-state index in [1.807, 2.05) is 0 Å². The summed E-state index contributed by atoms with van der Waals surface area (Å²) in [6.45, 7) is 8.99. The smallest absolute Gasteiger partial charge is 0.247 e. The maximum atomic E-state index is 12.7. The maximum absolute atomic E-state index is 12.7. The average Bonchev–Trinajstić information content (AvgIpc) is 3.01. The van der Waals surface area contributed by atoms with Gasteiger partial charge in [0.25, 0.3) is 0 Å². The van der Waals surface area contributed by atoms with Crippen molar-refractivity contribution in [2.45, 2.75) is 40.5 Å². The molecule has 0 aromatic heterocycles. The number of hydrogen-bond donors (Lipinski definition) is 0. The van der Waals surface area contributed by atoms with Gasteiger partial charge in [-0.2, -0.15) is 5.10 Å². The van der Waals surface area contributed by atoms with Gasteiger partial charge in [0.2, 0.25) is 5.91 Å². The summed E-state index contributed by atoms with van der Waals surface area (Å²) in [4.78, 5) is 12.7. The molecule has 0 radical (unpaired) electrons. The lowest BCUT2D eigenvalue weighted by Crippen LogP contribution is -2.25. The first-order chi connectivity index (χ1) is 11.4. The summed E-state index contributed by atoms with van der Waals surface area (Å²) in [5, 5.41) is 6.19. The molecule has 3 rings (SSSR count). The fraction of sp³-hybridized carbons (Fsp3) is 0.333. The molecule has 0 spiro atoms. The van der Waals surface area contributed by atoms with Crippen LogP contribution in [0.4, 0.5) is 0 Å². The number of rotatable bonds is 3. The standard InChI is InChI=1S/C21H24N2O/c1-14-5-7-18(8-6-14)20-9-10-23(22-20)21(24)13-19-16(3)11-15(2)12-17(19)4/h5-8,11-12H,9-10,13H2,1-4H3. The molecular weight excluding hydrogens is 296 g/mol. The lowest BCUT2D eigenvalue weighted by atomic mass is 9.97. The van der Waals surface area contributed by atoms with Crippen LogP contribution >= 0.6 is 0 Å². The molecule has 1 amide bonds. The first-order valence-electron chi connectivity index (χ1n) is 8.45. The van der Waals surface area contributed by atoms with E-state index in [1.165, 1.54) is 22.3 Å². The van der Waals surface area contributed by atoms with Crippen LogP contribution in [0.1, 0.15) is 39.8 Å². The van der Waals surface area contributed by atoms with Gasteiger partial charge in [0.1, 0.15) is 0 Å². The molecule has 1 aliphatic rings. The fourth-order valence-electron chi connectivity index (χ4n) is 3.32. The van der Waals surface area contributed by atoms with E-state index in [0.717, 1.165) is 23.3 Å². The van der Waals surface area contributed by atoms with Crippen LogP contribution in [-0.4, -0.2) is 23.2 Å². The van der Waals surface area contributed by atoms with Gasteiger partial charge in [-0.3, -0.25) is 4.79 Å². The highest BCUT2D eigenvalue weighted by Gasteiger charge is 2.22. The van der Waals surface area contributed by atoms with E-state index in [2.05, 4.69) is 69.2 Å². The first kappa shape index (κ1) is 16.4. The monoisotopic (exact) mass is 320 g/mol. The van der Waals surface area contributed by atoms with Gasteiger partial charge in [-0.05, 0) is 49.9 Å². The van der Waals surface area contributed by atoms with Crippen molar-refractivity contribution in [3.8, 4) is 0 Å². The van der Waals surface area contributed by atoms with Crippen molar-refractivity contribution < 1.29 is 4.79 Å². The second-order valence-corrected chi connectivity index (χ2v) is 6.73. The molecule has 0 aliphatic carbocycles. The van der Waals surface area contributed by atoms with Crippen LogP contribution in [0.2, 0.25) is 0 Å². The number of hydrogen-bond acceptors (Lipinski definition) is 2. The number of nitrogens with zero attached hydrogens (tertiary/aromatic N) is 2. The minimum Gasteiger partial charge on any atom is -0.273 e. The van der Waals surface area contributed by atoms with E-state index in [9.17, 15) is 4.79 Å². The van der Waals surface area contributed by atoms with Gasteiger partial charge in [-0.15, -0.1) is 0 Å². The molecule has 1 aliphatic heterocycles. The fourth-order valence-corrected chi connectivity index (χ4v) is 3.32. The summed E-state index contributed by atoms with van der Waals surface area (Å²) in [7, 11) is 0. The molecular formula is C21H24N2O. The zero-order valence-electron chi connectivity index (χ0n) is 14.9. The highest BCUT2D eigenvalue weighted by atomic mass is 16.2. The molecule has 1 heterocycles. The molecule has 2 aromatic carbocycles. The van der Waals surface area contributed by atoms with Gasteiger partial charge < -0.3 is 0 Å². The Balaban J connectivity index is 1.76. The van der Waals surface area contributed by atoms with E-state index >= 15 is 0 Å². The first-order valence-corrected chi connectivity index (χ1v) is 8.45. The molecule has 0 unspecified atom stereocenters. The molecule has 0 N–H and O–H groups in total. The summed E-state index contributed by atoms with van der Waals surface area (Å²) in [5.41, 5.74) is 8.08. The third-order valence-corrected chi connectivity index (χ3v) is 4.64. The molecule has 24 heavy (non-hydrogen) atoms. The van der Waals surface area contributed by atoms with E-state index < -0.39 is 0 Å². The van der Waals surface area contributed by atoms with Crippen molar-refractivity contribution in [1.82, 2.24) is 5.01 Å². The Labute approximate surface area is 144 Å². The highest BCUT2D eigenvalue weighted by Crippen LogP contribution is 2.20. The predicted molar refractivity (Wildman–Crippen MR) is 98.4 cm³/mol. The Morgan fingerprint density at radius 1 is 1.00 bits per heavy atom. The van der Waals surface area contributed by atoms with Crippen molar-refractivity contribution in [1.29, 1.82) is 0 Å². The lowest BCUT2D eigenvalue weighted by Gasteiger charge is -2.15. The predicted octanol–water partition coefficient (Wildman–Crippen LogP) is 4.10. The molecule has 124 valence electrons. The van der Waals surface area contributed by atoms with Gasteiger partial charge in [-0.1, -0.05) is 47.5 Å². The highest BCUT2D eigenvalue weighted by molar-refractivity contribution is 6.02. The molecule has 0 atom stereocenters. The number of carbonyl (C=O) groups excluding carboxylic acids is 1. The SMILES string of the molecule is Cc1ccc(C2=NN(C(=O)Cc3c(C)cc(C)cc3C)CC2)cc1. The Hall–Kier alpha value is -2.42. The normalized spacial score (nSPS) is 14.0. The topological polar surface area (TPSA) is 32.7 Å². The molecule has 3 heteroatoms. The second kappa shape index (κ2) is 6.60. The Morgan fingerprint density at radius 2 is 1.62 bits per heavy atom. The number of benzene rings is 2. The lowest BCUT2D eigenvalue weighted by molar-refractivity contribution is -0.130. The van der Waals surface area contributed by atoms with E-state index in [4.69, 9.17) is 0 Å².